The van der Waals surface area contributed by atoms with Crippen molar-refractivity contribution in [3.8, 4) is 0 Å². The van der Waals surface area contributed by atoms with Crippen LogP contribution in [0.25, 0.3) is 0 Å². The number of carbonyl (C=O) groups is 3. The van der Waals surface area contributed by atoms with E-state index < -0.39 is 23.8 Å². The molecule has 0 saturated carbocycles. The molecule has 0 spiro atoms. The number of aromatic nitrogens is 2. The smallest absolute Gasteiger partial charge is 0.262 e. The quantitative estimate of drug-likeness (QED) is 0.695. The summed E-state index contributed by atoms with van der Waals surface area (Å²) in [5, 5.41) is 6.80. The first-order chi connectivity index (χ1) is 13.6. The third-order valence-electron chi connectivity index (χ3n) is 4.78. The molecule has 0 radical (unpaired) electrons. The number of rotatable bonds is 5. The minimum atomic E-state index is -0.982. The second kappa shape index (κ2) is 7.11. The number of amides is 3. The molecule has 1 atom stereocenters. The molecule has 0 bridgehead atoms. The van der Waals surface area contributed by atoms with Crippen LogP contribution in [0.4, 0.5) is 5.82 Å². The average Bonchev–Trinajstić information content (AvgIpc) is 3.22. The van der Waals surface area contributed by atoms with E-state index >= 15 is 0 Å². The Morgan fingerprint density at radius 2 is 1.57 bits per heavy atom. The molecule has 1 aliphatic rings. The van der Waals surface area contributed by atoms with Crippen molar-refractivity contribution in [1.82, 2.24) is 14.7 Å². The van der Waals surface area contributed by atoms with Crippen molar-refractivity contribution >= 4 is 23.5 Å². The molecule has 1 aliphatic heterocycles. The largest absolute Gasteiger partial charge is 0.309 e. The van der Waals surface area contributed by atoms with Crippen molar-refractivity contribution in [2.45, 2.75) is 12.5 Å². The average molecular weight is 374 g/mol. The first kappa shape index (κ1) is 17.7. The molecule has 0 fully saturated rings. The summed E-state index contributed by atoms with van der Waals surface area (Å²) >= 11 is 0. The standard InChI is InChI=1S/C21H18N4O3/c1-24-18(11-12-22-24)23-19(26)17(13-14-7-3-2-4-8-14)25-20(27)15-9-5-6-10-16(15)21(25)28/h2-12,17H,13H2,1H3,(H,23,26). The maximum absolute atomic E-state index is 13.1. The van der Waals surface area contributed by atoms with Gasteiger partial charge in [0.15, 0.2) is 0 Å². The van der Waals surface area contributed by atoms with Crippen LogP contribution in [-0.4, -0.2) is 38.4 Å². The summed E-state index contributed by atoms with van der Waals surface area (Å²) in [6, 6.07) is 16.6. The summed E-state index contributed by atoms with van der Waals surface area (Å²) < 4.78 is 1.51. The van der Waals surface area contributed by atoms with Gasteiger partial charge in [0.1, 0.15) is 11.9 Å². The molecule has 2 aromatic carbocycles. The number of fused-ring (bicyclic) bond motifs is 1. The Labute approximate surface area is 161 Å². The Bertz CT molecular complexity index is 1020. The molecule has 2 heterocycles. The minimum absolute atomic E-state index is 0.218. The highest BCUT2D eigenvalue weighted by Crippen LogP contribution is 2.26. The topological polar surface area (TPSA) is 84.3 Å². The first-order valence-electron chi connectivity index (χ1n) is 8.86. The lowest BCUT2D eigenvalue weighted by Gasteiger charge is -2.25. The van der Waals surface area contributed by atoms with Crippen LogP contribution in [0.5, 0.6) is 0 Å². The van der Waals surface area contributed by atoms with E-state index in [1.807, 2.05) is 30.3 Å². The maximum Gasteiger partial charge on any atom is 0.262 e. The SMILES string of the molecule is Cn1nccc1NC(=O)C(Cc1ccccc1)N1C(=O)c2ccccc2C1=O. The van der Waals surface area contributed by atoms with E-state index in [0.717, 1.165) is 10.5 Å². The van der Waals surface area contributed by atoms with E-state index in [9.17, 15) is 14.4 Å². The monoisotopic (exact) mass is 374 g/mol. The molecule has 4 rings (SSSR count). The summed E-state index contributed by atoms with van der Waals surface area (Å²) in [5.74, 6) is -0.870. The van der Waals surface area contributed by atoms with Gasteiger partial charge in [-0.15, -0.1) is 0 Å². The van der Waals surface area contributed by atoms with Crippen LogP contribution in [0.3, 0.4) is 0 Å². The number of nitrogens with zero attached hydrogens (tertiary/aromatic N) is 3. The Morgan fingerprint density at radius 3 is 2.14 bits per heavy atom. The number of imide groups is 1. The summed E-state index contributed by atoms with van der Waals surface area (Å²) in [5.41, 5.74) is 1.49. The molecule has 28 heavy (non-hydrogen) atoms. The lowest BCUT2D eigenvalue weighted by molar-refractivity contribution is -0.120. The Kier molecular flexibility index (Phi) is 4.49. The number of nitrogens with one attached hydrogen (secondary N) is 1. The van der Waals surface area contributed by atoms with Crippen molar-refractivity contribution in [3.05, 3.63) is 83.6 Å². The summed E-state index contributed by atoms with van der Waals surface area (Å²) in [7, 11) is 1.70. The Hall–Kier alpha value is -3.74. The molecule has 3 aromatic rings. The van der Waals surface area contributed by atoms with Gasteiger partial charge < -0.3 is 5.32 Å². The number of benzene rings is 2. The lowest BCUT2D eigenvalue weighted by atomic mass is 10.0. The van der Waals surface area contributed by atoms with Crippen LogP contribution >= 0.6 is 0 Å². The highest BCUT2D eigenvalue weighted by molar-refractivity contribution is 6.23. The number of hydrogen-bond acceptors (Lipinski definition) is 4. The molecular weight excluding hydrogens is 356 g/mol. The van der Waals surface area contributed by atoms with E-state index in [-0.39, 0.29) is 6.42 Å². The van der Waals surface area contributed by atoms with Crippen LogP contribution in [0, 0.1) is 0 Å². The lowest BCUT2D eigenvalue weighted by Crippen LogP contribution is -2.48. The van der Waals surface area contributed by atoms with Crippen molar-refractivity contribution in [1.29, 1.82) is 0 Å². The molecule has 7 heteroatoms. The van der Waals surface area contributed by atoms with Gasteiger partial charge in [0.2, 0.25) is 5.91 Å². The van der Waals surface area contributed by atoms with Gasteiger partial charge in [-0.1, -0.05) is 42.5 Å². The molecule has 1 aromatic heterocycles. The predicted octanol–water partition coefficient (Wildman–Crippen LogP) is 2.27. The number of aryl methyl sites for hydroxylation is 1. The normalized spacial score (nSPS) is 14.1. The number of carbonyl (C=O) groups excluding carboxylic acids is 3. The number of anilines is 1. The Morgan fingerprint density at radius 1 is 0.964 bits per heavy atom. The van der Waals surface area contributed by atoms with Crippen LogP contribution in [0.2, 0.25) is 0 Å². The van der Waals surface area contributed by atoms with Crippen LogP contribution < -0.4 is 5.32 Å². The highest BCUT2D eigenvalue weighted by Gasteiger charge is 2.42. The van der Waals surface area contributed by atoms with E-state index in [2.05, 4.69) is 10.4 Å². The third-order valence-corrected chi connectivity index (χ3v) is 4.78. The zero-order valence-corrected chi connectivity index (χ0v) is 15.2. The summed E-state index contributed by atoms with van der Waals surface area (Å²) in [6.07, 6.45) is 1.78. The molecule has 7 nitrogen and oxygen atoms in total. The van der Waals surface area contributed by atoms with Crippen molar-refractivity contribution in [2.24, 2.45) is 7.05 Å². The second-order valence-corrected chi connectivity index (χ2v) is 6.56. The van der Waals surface area contributed by atoms with Gasteiger partial charge >= 0.3 is 0 Å². The molecule has 0 aliphatic carbocycles. The molecule has 3 amide bonds. The fourth-order valence-electron chi connectivity index (χ4n) is 3.34. The van der Waals surface area contributed by atoms with Gasteiger partial charge in [0.05, 0.1) is 17.3 Å². The van der Waals surface area contributed by atoms with E-state index in [0.29, 0.717) is 16.9 Å². The maximum atomic E-state index is 13.1. The summed E-state index contributed by atoms with van der Waals surface area (Å²) in [4.78, 5) is 40.0. The summed E-state index contributed by atoms with van der Waals surface area (Å²) in [6.45, 7) is 0. The molecule has 0 saturated heterocycles. The molecule has 1 N–H and O–H groups in total. The van der Waals surface area contributed by atoms with E-state index in [1.54, 1.807) is 43.6 Å². The Balaban J connectivity index is 1.69. The highest BCUT2D eigenvalue weighted by atomic mass is 16.2. The minimum Gasteiger partial charge on any atom is -0.309 e. The van der Waals surface area contributed by atoms with E-state index in [1.165, 1.54) is 4.68 Å². The number of hydrogen-bond donors (Lipinski definition) is 1. The van der Waals surface area contributed by atoms with Gasteiger partial charge in [0, 0.05) is 19.5 Å². The third kappa shape index (κ3) is 3.07. The van der Waals surface area contributed by atoms with Crippen molar-refractivity contribution in [3.63, 3.8) is 0 Å². The van der Waals surface area contributed by atoms with Gasteiger partial charge in [0.25, 0.3) is 11.8 Å². The predicted molar refractivity (Wildman–Crippen MR) is 103 cm³/mol. The van der Waals surface area contributed by atoms with Gasteiger partial charge in [-0.05, 0) is 17.7 Å². The zero-order chi connectivity index (χ0) is 19.7. The molecular formula is C21H18N4O3. The van der Waals surface area contributed by atoms with Crippen LogP contribution in [0.15, 0.2) is 66.9 Å². The van der Waals surface area contributed by atoms with Crippen molar-refractivity contribution in [2.75, 3.05) is 5.32 Å². The van der Waals surface area contributed by atoms with Crippen LogP contribution in [-0.2, 0) is 18.3 Å². The van der Waals surface area contributed by atoms with Crippen LogP contribution in [0.1, 0.15) is 26.3 Å². The zero-order valence-electron chi connectivity index (χ0n) is 15.2. The van der Waals surface area contributed by atoms with Gasteiger partial charge in [-0.2, -0.15) is 5.10 Å². The fourth-order valence-corrected chi connectivity index (χ4v) is 3.34. The second-order valence-electron chi connectivity index (χ2n) is 6.56. The van der Waals surface area contributed by atoms with Gasteiger partial charge in [-0.3, -0.25) is 24.0 Å². The van der Waals surface area contributed by atoms with Gasteiger partial charge in [-0.25, -0.2) is 0 Å². The fraction of sp³-hybridized carbons (Fsp3) is 0.143. The first-order valence-corrected chi connectivity index (χ1v) is 8.86. The van der Waals surface area contributed by atoms with Crippen molar-refractivity contribution < 1.29 is 14.4 Å². The van der Waals surface area contributed by atoms with E-state index in [4.69, 9.17) is 0 Å². The molecule has 1 unspecified atom stereocenters. The molecule has 140 valence electrons.